The SMILES string of the molecule is Cc1nn(C)cc1CNCc1cc(F)cc([N+](=O)[O-])c1. The second kappa shape index (κ2) is 5.79. The zero-order chi connectivity index (χ0) is 14.7. The molecule has 1 N–H and O–H groups in total. The Labute approximate surface area is 115 Å². The molecule has 7 heteroatoms. The largest absolute Gasteiger partial charge is 0.308 e. The molecule has 6 nitrogen and oxygen atoms in total. The Balaban J connectivity index is 2.00. The maximum absolute atomic E-state index is 13.3. The minimum Gasteiger partial charge on any atom is -0.308 e. The first-order valence-corrected chi connectivity index (χ1v) is 6.09. The van der Waals surface area contributed by atoms with Crippen molar-refractivity contribution in [1.82, 2.24) is 15.1 Å². The van der Waals surface area contributed by atoms with Crippen molar-refractivity contribution in [3.63, 3.8) is 0 Å². The summed E-state index contributed by atoms with van der Waals surface area (Å²) < 4.78 is 15.0. The molecule has 0 aliphatic carbocycles. The summed E-state index contributed by atoms with van der Waals surface area (Å²) in [6, 6.07) is 3.57. The molecule has 0 atom stereocenters. The number of nitrogens with one attached hydrogen (secondary N) is 1. The molecule has 0 radical (unpaired) electrons. The highest BCUT2D eigenvalue weighted by molar-refractivity contribution is 5.35. The summed E-state index contributed by atoms with van der Waals surface area (Å²) >= 11 is 0. The molecule has 1 heterocycles. The molecule has 2 aromatic rings. The number of nitro benzene ring substituents is 1. The molecule has 1 aromatic carbocycles. The topological polar surface area (TPSA) is 73.0 Å². The summed E-state index contributed by atoms with van der Waals surface area (Å²) in [6.45, 7) is 2.83. The van der Waals surface area contributed by atoms with Crippen molar-refractivity contribution in [2.24, 2.45) is 7.05 Å². The first-order valence-electron chi connectivity index (χ1n) is 6.09. The van der Waals surface area contributed by atoms with Gasteiger partial charge in [0.2, 0.25) is 0 Å². The van der Waals surface area contributed by atoms with Crippen LogP contribution in [0.15, 0.2) is 24.4 Å². The first-order chi connectivity index (χ1) is 9.45. The number of non-ortho nitro benzene ring substituents is 1. The summed E-state index contributed by atoms with van der Waals surface area (Å²) in [5, 5.41) is 18.0. The van der Waals surface area contributed by atoms with E-state index >= 15 is 0 Å². The average molecular weight is 278 g/mol. The number of aromatic nitrogens is 2. The van der Waals surface area contributed by atoms with Crippen LogP contribution in [0.2, 0.25) is 0 Å². The molecule has 0 fully saturated rings. The van der Waals surface area contributed by atoms with E-state index in [2.05, 4.69) is 10.4 Å². The van der Waals surface area contributed by atoms with Crippen LogP contribution in [0.3, 0.4) is 0 Å². The van der Waals surface area contributed by atoms with E-state index in [1.807, 2.05) is 20.2 Å². The van der Waals surface area contributed by atoms with E-state index in [4.69, 9.17) is 0 Å². The van der Waals surface area contributed by atoms with Crippen molar-refractivity contribution in [1.29, 1.82) is 0 Å². The second-order valence-electron chi connectivity index (χ2n) is 4.59. The predicted octanol–water partition coefficient (Wildman–Crippen LogP) is 2.07. The summed E-state index contributed by atoms with van der Waals surface area (Å²) in [5.41, 5.74) is 2.27. The average Bonchev–Trinajstić information content (AvgIpc) is 2.67. The van der Waals surface area contributed by atoms with E-state index in [0.717, 1.165) is 17.3 Å². The van der Waals surface area contributed by atoms with Gasteiger partial charge in [-0.2, -0.15) is 5.10 Å². The normalized spacial score (nSPS) is 10.8. The maximum atomic E-state index is 13.3. The van der Waals surface area contributed by atoms with Gasteiger partial charge in [0.1, 0.15) is 5.82 Å². The van der Waals surface area contributed by atoms with Crippen LogP contribution in [-0.4, -0.2) is 14.7 Å². The number of hydrogen-bond donors (Lipinski definition) is 1. The third kappa shape index (κ3) is 3.39. The summed E-state index contributed by atoms with van der Waals surface area (Å²) in [4.78, 5) is 10.1. The van der Waals surface area contributed by atoms with Gasteiger partial charge in [0.15, 0.2) is 0 Å². The van der Waals surface area contributed by atoms with Crippen molar-refractivity contribution < 1.29 is 9.31 Å². The lowest BCUT2D eigenvalue weighted by Gasteiger charge is -2.04. The van der Waals surface area contributed by atoms with Gasteiger partial charge in [0, 0.05) is 38.0 Å². The van der Waals surface area contributed by atoms with Gasteiger partial charge in [-0.25, -0.2) is 4.39 Å². The van der Waals surface area contributed by atoms with Crippen molar-refractivity contribution in [2.75, 3.05) is 0 Å². The number of nitrogens with zero attached hydrogens (tertiary/aromatic N) is 3. The van der Waals surface area contributed by atoms with Crippen LogP contribution in [0.5, 0.6) is 0 Å². The van der Waals surface area contributed by atoms with Crippen LogP contribution < -0.4 is 5.32 Å². The fourth-order valence-electron chi connectivity index (χ4n) is 2.00. The van der Waals surface area contributed by atoms with E-state index in [1.165, 1.54) is 12.1 Å². The number of halogens is 1. The zero-order valence-corrected chi connectivity index (χ0v) is 11.3. The van der Waals surface area contributed by atoms with Crippen molar-refractivity contribution in [3.05, 3.63) is 57.1 Å². The monoisotopic (exact) mass is 278 g/mol. The second-order valence-corrected chi connectivity index (χ2v) is 4.59. The molecule has 20 heavy (non-hydrogen) atoms. The fourth-order valence-corrected chi connectivity index (χ4v) is 2.00. The first kappa shape index (κ1) is 14.1. The lowest BCUT2D eigenvalue weighted by Crippen LogP contribution is -2.13. The minimum absolute atomic E-state index is 0.237. The number of hydrogen-bond acceptors (Lipinski definition) is 4. The van der Waals surface area contributed by atoms with Gasteiger partial charge in [0.05, 0.1) is 16.7 Å². The van der Waals surface area contributed by atoms with Crippen LogP contribution in [0.25, 0.3) is 0 Å². The van der Waals surface area contributed by atoms with E-state index in [0.29, 0.717) is 18.7 Å². The highest BCUT2D eigenvalue weighted by atomic mass is 19.1. The molecule has 0 saturated heterocycles. The van der Waals surface area contributed by atoms with Gasteiger partial charge in [0.25, 0.3) is 5.69 Å². The number of nitro groups is 1. The molecule has 0 aliphatic rings. The standard InChI is InChI=1S/C13H15FN4O2/c1-9-11(8-17(2)16-9)7-15-6-10-3-12(14)5-13(4-10)18(19)20/h3-5,8,15H,6-7H2,1-2H3. The molecule has 0 spiro atoms. The maximum Gasteiger partial charge on any atom is 0.272 e. The Morgan fingerprint density at radius 1 is 1.40 bits per heavy atom. The fraction of sp³-hybridized carbons (Fsp3) is 0.308. The molecule has 2 rings (SSSR count). The third-order valence-corrected chi connectivity index (χ3v) is 2.91. The Kier molecular flexibility index (Phi) is 4.09. The third-order valence-electron chi connectivity index (χ3n) is 2.91. The quantitative estimate of drug-likeness (QED) is 0.671. The van der Waals surface area contributed by atoms with Crippen LogP contribution in [0, 0.1) is 22.9 Å². The van der Waals surface area contributed by atoms with Crippen molar-refractivity contribution in [2.45, 2.75) is 20.0 Å². The van der Waals surface area contributed by atoms with Gasteiger partial charge in [-0.3, -0.25) is 14.8 Å². The molecular formula is C13H15FN4O2. The number of aryl methyl sites for hydroxylation is 2. The van der Waals surface area contributed by atoms with Crippen molar-refractivity contribution >= 4 is 5.69 Å². The zero-order valence-electron chi connectivity index (χ0n) is 11.3. The number of benzene rings is 1. The molecule has 0 amide bonds. The molecule has 106 valence electrons. The Morgan fingerprint density at radius 2 is 2.15 bits per heavy atom. The van der Waals surface area contributed by atoms with Gasteiger partial charge >= 0.3 is 0 Å². The lowest BCUT2D eigenvalue weighted by atomic mass is 10.2. The Hall–Kier alpha value is -2.28. The summed E-state index contributed by atoms with van der Waals surface area (Å²) in [5.74, 6) is -0.603. The van der Waals surface area contributed by atoms with Crippen LogP contribution in [0.4, 0.5) is 10.1 Å². The highest BCUT2D eigenvalue weighted by Gasteiger charge is 2.10. The minimum atomic E-state index is -0.603. The molecular weight excluding hydrogens is 263 g/mol. The van der Waals surface area contributed by atoms with Gasteiger partial charge in [-0.1, -0.05) is 0 Å². The van der Waals surface area contributed by atoms with E-state index < -0.39 is 10.7 Å². The lowest BCUT2D eigenvalue weighted by molar-refractivity contribution is -0.385. The smallest absolute Gasteiger partial charge is 0.272 e. The molecule has 0 unspecified atom stereocenters. The Morgan fingerprint density at radius 3 is 2.75 bits per heavy atom. The number of rotatable bonds is 5. The highest BCUT2D eigenvalue weighted by Crippen LogP contribution is 2.16. The molecule has 0 aliphatic heterocycles. The van der Waals surface area contributed by atoms with Gasteiger partial charge in [-0.05, 0) is 18.6 Å². The van der Waals surface area contributed by atoms with Gasteiger partial charge in [-0.15, -0.1) is 0 Å². The van der Waals surface area contributed by atoms with Crippen molar-refractivity contribution in [3.8, 4) is 0 Å². The van der Waals surface area contributed by atoms with Crippen LogP contribution >= 0.6 is 0 Å². The molecule has 0 bridgehead atoms. The van der Waals surface area contributed by atoms with Crippen LogP contribution in [0.1, 0.15) is 16.8 Å². The predicted molar refractivity (Wildman–Crippen MR) is 71.5 cm³/mol. The summed E-state index contributed by atoms with van der Waals surface area (Å²) in [7, 11) is 1.84. The van der Waals surface area contributed by atoms with E-state index in [-0.39, 0.29) is 5.69 Å². The summed E-state index contributed by atoms with van der Waals surface area (Å²) in [6.07, 6.45) is 1.90. The van der Waals surface area contributed by atoms with Crippen LogP contribution in [-0.2, 0) is 20.1 Å². The molecule has 0 saturated carbocycles. The van der Waals surface area contributed by atoms with E-state index in [1.54, 1.807) is 4.68 Å². The molecule has 1 aromatic heterocycles. The van der Waals surface area contributed by atoms with Gasteiger partial charge < -0.3 is 5.32 Å². The van der Waals surface area contributed by atoms with E-state index in [9.17, 15) is 14.5 Å². The Bertz CT molecular complexity index is 639.